The summed E-state index contributed by atoms with van der Waals surface area (Å²) in [5.74, 6) is 2.48. The standard InChI is InChI=1S/C20H24N6O/c1-14-5-3-6-15(9-14)20-24-19(27-25-20)12-26(2)18-10-17(22-13-23-18)16-7-4-8-21-11-16/h3,5-6,9-10,13,16,21H,4,7-8,11-12H2,1-2H3/t16-/m1/s1. The van der Waals surface area contributed by atoms with Crippen LogP contribution in [-0.2, 0) is 6.54 Å². The first-order chi connectivity index (χ1) is 13.2. The van der Waals surface area contributed by atoms with Crippen LogP contribution >= 0.6 is 0 Å². The van der Waals surface area contributed by atoms with Gasteiger partial charge in [0.2, 0.25) is 11.7 Å². The van der Waals surface area contributed by atoms with Crippen LogP contribution in [0, 0.1) is 6.92 Å². The van der Waals surface area contributed by atoms with Gasteiger partial charge in [0.1, 0.15) is 12.1 Å². The first kappa shape index (κ1) is 17.6. The molecule has 4 rings (SSSR count). The summed E-state index contributed by atoms with van der Waals surface area (Å²) in [5.41, 5.74) is 3.22. The first-order valence-corrected chi connectivity index (χ1v) is 9.32. The summed E-state index contributed by atoms with van der Waals surface area (Å²) in [6, 6.07) is 10.1. The fraction of sp³-hybridized carbons (Fsp3) is 0.400. The van der Waals surface area contributed by atoms with Crippen LogP contribution in [0.15, 0.2) is 41.2 Å². The normalized spacial score (nSPS) is 17.0. The van der Waals surface area contributed by atoms with E-state index in [4.69, 9.17) is 4.52 Å². The van der Waals surface area contributed by atoms with Crippen molar-refractivity contribution in [3.63, 3.8) is 0 Å². The summed E-state index contributed by atoms with van der Waals surface area (Å²) in [7, 11) is 1.97. The second kappa shape index (κ2) is 7.84. The Morgan fingerprint density at radius 1 is 1.26 bits per heavy atom. The summed E-state index contributed by atoms with van der Waals surface area (Å²) in [6.07, 6.45) is 3.99. The highest BCUT2D eigenvalue weighted by Crippen LogP contribution is 2.24. The van der Waals surface area contributed by atoms with Gasteiger partial charge < -0.3 is 14.7 Å². The van der Waals surface area contributed by atoms with Gasteiger partial charge >= 0.3 is 0 Å². The zero-order valence-electron chi connectivity index (χ0n) is 15.7. The quantitative estimate of drug-likeness (QED) is 0.745. The molecule has 1 aromatic carbocycles. The number of hydrogen-bond donors (Lipinski definition) is 1. The number of nitrogens with one attached hydrogen (secondary N) is 1. The third-order valence-electron chi connectivity index (χ3n) is 4.90. The second-order valence-electron chi connectivity index (χ2n) is 7.08. The fourth-order valence-electron chi connectivity index (χ4n) is 3.40. The molecule has 0 radical (unpaired) electrons. The molecule has 7 heteroatoms. The molecule has 1 N–H and O–H groups in total. The zero-order chi connectivity index (χ0) is 18.6. The van der Waals surface area contributed by atoms with E-state index in [1.807, 2.05) is 43.1 Å². The smallest absolute Gasteiger partial charge is 0.246 e. The maximum absolute atomic E-state index is 5.44. The molecule has 0 spiro atoms. The van der Waals surface area contributed by atoms with Gasteiger partial charge in [0.05, 0.1) is 12.2 Å². The molecule has 1 aliphatic heterocycles. The van der Waals surface area contributed by atoms with E-state index in [0.717, 1.165) is 36.6 Å². The van der Waals surface area contributed by atoms with Crippen molar-refractivity contribution >= 4 is 5.82 Å². The van der Waals surface area contributed by atoms with Crippen LogP contribution < -0.4 is 10.2 Å². The molecule has 27 heavy (non-hydrogen) atoms. The van der Waals surface area contributed by atoms with Crippen molar-refractivity contribution in [2.75, 3.05) is 25.0 Å². The molecule has 1 aliphatic rings. The third-order valence-corrected chi connectivity index (χ3v) is 4.90. The van der Waals surface area contributed by atoms with Gasteiger partial charge in [-0.15, -0.1) is 0 Å². The number of aromatic nitrogens is 4. The maximum atomic E-state index is 5.44. The molecule has 3 heterocycles. The Balaban J connectivity index is 1.47. The average Bonchev–Trinajstić information content (AvgIpc) is 3.17. The lowest BCUT2D eigenvalue weighted by Gasteiger charge is -2.23. The summed E-state index contributed by atoms with van der Waals surface area (Å²) >= 11 is 0. The molecular formula is C20H24N6O. The van der Waals surface area contributed by atoms with Gasteiger partial charge in [0.25, 0.3) is 0 Å². The third kappa shape index (κ3) is 4.14. The maximum Gasteiger partial charge on any atom is 0.246 e. The van der Waals surface area contributed by atoms with Crippen molar-refractivity contribution in [3.05, 3.63) is 53.8 Å². The van der Waals surface area contributed by atoms with Crippen LogP contribution in [-0.4, -0.2) is 40.2 Å². The van der Waals surface area contributed by atoms with Crippen molar-refractivity contribution in [3.8, 4) is 11.4 Å². The van der Waals surface area contributed by atoms with Crippen molar-refractivity contribution in [2.45, 2.75) is 32.2 Å². The van der Waals surface area contributed by atoms with Gasteiger partial charge in [0.15, 0.2) is 0 Å². The zero-order valence-corrected chi connectivity index (χ0v) is 15.7. The van der Waals surface area contributed by atoms with Gasteiger partial charge in [-0.05, 0) is 32.4 Å². The molecular weight excluding hydrogens is 340 g/mol. The minimum absolute atomic E-state index is 0.449. The SMILES string of the molecule is Cc1cccc(-c2noc(CN(C)c3cc([C@@H]4CCCNC4)ncn3)n2)c1. The summed E-state index contributed by atoms with van der Waals surface area (Å²) in [6.45, 7) is 4.61. The van der Waals surface area contributed by atoms with Gasteiger partial charge in [-0.1, -0.05) is 28.9 Å². The lowest BCUT2D eigenvalue weighted by molar-refractivity contribution is 0.378. The van der Waals surface area contributed by atoms with Crippen LogP contribution in [0.1, 0.15) is 35.9 Å². The van der Waals surface area contributed by atoms with E-state index in [9.17, 15) is 0 Å². The highest BCUT2D eigenvalue weighted by molar-refractivity contribution is 5.55. The summed E-state index contributed by atoms with van der Waals surface area (Å²) in [4.78, 5) is 15.4. The van der Waals surface area contributed by atoms with E-state index in [-0.39, 0.29) is 0 Å². The van der Waals surface area contributed by atoms with Crippen LogP contribution in [0.4, 0.5) is 5.82 Å². The summed E-state index contributed by atoms with van der Waals surface area (Å²) < 4.78 is 5.44. The molecule has 3 aromatic rings. The molecule has 1 saturated heterocycles. The lowest BCUT2D eigenvalue weighted by atomic mass is 9.96. The number of piperidine rings is 1. The van der Waals surface area contributed by atoms with Crippen LogP contribution in [0.3, 0.4) is 0 Å². The Bertz CT molecular complexity index is 903. The molecule has 0 bridgehead atoms. The van der Waals surface area contributed by atoms with Crippen LogP contribution in [0.2, 0.25) is 0 Å². The largest absolute Gasteiger partial charge is 0.350 e. The van der Waals surface area contributed by atoms with E-state index in [0.29, 0.717) is 24.2 Å². The average molecular weight is 364 g/mol. The predicted molar refractivity (Wildman–Crippen MR) is 103 cm³/mol. The molecule has 0 unspecified atom stereocenters. The molecule has 140 valence electrons. The lowest BCUT2D eigenvalue weighted by Crippen LogP contribution is -2.29. The molecule has 1 atom stereocenters. The molecule has 0 amide bonds. The van der Waals surface area contributed by atoms with Gasteiger partial charge in [-0.2, -0.15) is 4.98 Å². The Labute approximate surface area is 158 Å². The van der Waals surface area contributed by atoms with Crippen molar-refractivity contribution in [1.29, 1.82) is 0 Å². The van der Waals surface area contributed by atoms with Gasteiger partial charge in [-0.25, -0.2) is 9.97 Å². The molecule has 0 saturated carbocycles. The number of aryl methyl sites for hydroxylation is 1. The number of anilines is 1. The fourth-order valence-corrected chi connectivity index (χ4v) is 3.40. The Hall–Kier alpha value is -2.80. The second-order valence-corrected chi connectivity index (χ2v) is 7.08. The van der Waals surface area contributed by atoms with E-state index in [1.54, 1.807) is 6.33 Å². The summed E-state index contributed by atoms with van der Waals surface area (Å²) in [5, 5.41) is 7.55. The van der Waals surface area contributed by atoms with Crippen molar-refractivity contribution in [1.82, 2.24) is 25.4 Å². The van der Waals surface area contributed by atoms with Gasteiger partial charge in [0, 0.05) is 31.1 Å². The number of nitrogens with zero attached hydrogens (tertiary/aromatic N) is 5. The van der Waals surface area contributed by atoms with Crippen molar-refractivity contribution < 1.29 is 4.52 Å². The minimum atomic E-state index is 0.449. The monoisotopic (exact) mass is 364 g/mol. The molecule has 7 nitrogen and oxygen atoms in total. The van der Waals surface area contributed by atoms with Crippen LogP contribution in [0.25, 0.3) is 11.4 Å². The highest BCUT2D eigenvalue weighted by Gasteiger charge is 2.18. The highest BCUT2D eigenvalue weighted by atomic mass is 16.5. The number of hydrogen-bond acceptors (Lipinski definition) is 7. The Morgan fingerprint density at radius 2 is 2.19 bits per heavy atom. The number of rotatable bonds is 5. The van der Waals surface area contributed by atoms with E-state index >= 15 is 0 Å². The van der Waals surface area contributed by atoms with E-state index < -0.39 is 0 Å². The molecule has 0 aliphatic carbocycles. The topological polar surface area (TPSA) is 80.0 Å². The van der Waals surface area contributed by atoms with Crippen LogP contribution in [0.5, 0.6) is 0 Å². The number of benzene rings is 1. The molecule has 2 aromatic heterocycles. The van der Waals surface area contributed by atoms with E-state index in [2.05, 4.69) is 31.5 Å². The first-order valence-electron chi connectivity index (χ1n) is 9.32. The Kier molecular flexibility index (Phi) is 5.11. The minimum Gasteiger partial charge on any atom is -0.350 e. The Morgan fingerprint density at radius 3 is 3.00 bits per heavy atom. The van der Waals surface area contributed by atoms with Crippen molar-refractivity contribution in [2.24, 2.45) is 0 Å². The van der Waals surface area contributed by atoms with E-state index in [1.165, 1.54) is 12.0 Å². The van der Waals surface area contributed by atoms with Gasteiger partial charge in [-0.3, -0.25) is 0 Å². The predicted octanol–water partition coefficient (Wildman–Crippen LogP) is 2.94. The molecule has 1 fully saturated rings.